The van der Waals surface area contributed by atoms with Crippen LogP contribution < -0.4 is 4.74 Å². The zero-order chi connectivity index (χ0) is 22.8. The van der Waals surface area contributed by atoms with Crippen molar-refractivity contribution in [1.29, 1.82) is 5.26 Å². The molecule has 170 valence electrons. The van der Waals surface area contributed by atoms with E-state index >= 15 is 0 Å². The summed E-state index contributed by atoms with van der Waals surface area (Å²) >= 11 is 0. The topological polar surface area (TPSA) is 59.3 Å². The summed E-state index contributed by atoms with van der Waals surface area (Å²) < 4.78 is 24.8. The van der Waals surface area contributed by atoms with Crippen LogP contribution in [0.25, 0.3) is 0 Å². The average Bonchev–Trinajstić information content (AvgIpc) is 2.82. The van der Waals surface area contributed by atoms with E-state index < -0.39 is 11.8 Å². The van der Waals surface area contributed by atoms with Crippen molar-refractivity contribution in [1.82, 2.24) is 0 Å². The van der Waals surface area contributed by atoms with Gasteiger partial charge in [-0.25, -0.2) is 9.18 Å². The van der Waals surface area contributed by atoms with Crippen molar-refractivity contribution in [2.45, 2.75) is 64.2 Å². The third kappa shape index (κ3) is 6.90. The second kappa shape index (κ2) is 12.4. The van der Waals surface area contributed by atoms with Gasteiger partial charge in [-0.2, -0.15) is 5.26 Å². The molecule has 0 radical (unpaired) electrons. The molecule has 0 bridgehead atoms. The van der Waals surface area contributed by atoms with E-state index in [1.54, 1.807) is 18.2 Å². The van der Waals surface area contributed by atoms with Gasteiger partial charge in [-0.3, -0.25) is 0 Å². The van der Waals surface area contributed by atoms with Gasteiger partial charge in [-0.15, -0.1) is 0 Å². The highest BCUT2D eigenvalue weighted by Gasteiger charge is 2.23. The van der Waals surface area contributed by atoms with E-state index in [0.717, 1.165) is 38.5 Å². The first-order valence-electron chi connectivity index (χ1n) is 11.7. The number of carbonyl (C=O) groups excluding carboxylic acids is 1. The second-order valence-corrected chi connectivity index (χ2v) is 8.62. The number of ether oxygens (including phenoxy) is 2. The Morgan fingerprint density at radius 3 is 2.47 bits per heavy atom. The Morgan fingerprint density at radius 1 is 1.06 bits per heavy atom. The smallest absolute Gasteiger partial charge is 0.343 e. The Morgan fingerprint density at radius 2 is 1.81 bits per heavy atom. The van der Waals surface area contributed by atoms with Crippen molar-refractivity contribution < 1.29 is 18.7 Å². The quantitative estimate of drug-likeness (QED) is 0.233. The Hall–Kier alpha value is -2.71. The van der Waals surface area contributed by atoms with Gasteiger partial charge in [-0.05, 0) is 73.8 Å². The summed E-state index contributed by atoms with van der Waals surface area (Å²) in [5, 5.41) is 8.79. The van der Waals surface area contributed by atoms with E-state index in [9.17, 15) is 9.18 Å². The minimum Gasteiger partial charge on any atom is -0.423 e. The van der Waals surface area contributed by atoms with Crippen LogP contribution in [0.5, 0.6) is 5.75 Å². The minimum atomic E-state index is -0.703. The molecule has 0 aromatic heterocycles. The molecule has 32 heavy (non-hydrogen) atoms. The molecule has 1 aliphatic carbocycles. The first-order chi connectivity index (χ1) is 15.6. The van der Waals surface area contributed by atoms with Crippen LogP contribution in [0.15, 0.2) is 42.5 Å². The van der Waals surface area contributed by atoms with Crippen molar-refractivity contribution in [3.05, 3.63) is 65.0 Å². The number of halogens is 1. The lowest BCUT2D eigenvalue weighted by Crippen LogP contribution is -2.18. The lowest BCUT2D eigenvalue weighted by Gasteiger charge is -2.28. The Labute approximate surface area is 190 Å². The van der Waals surface area contributed by atoms with Crippen LogP contribution in [0.1, 0.15) is 85.7 Å². The molecule has 0 N–H and O–H groups in total. The zero-order valence-electron chi connectivity index (χ0n) is 18.8. The summed E-state index contributed by atoms with van der Waals surface area (Å²) in [5.41, 5.74) is 1.58. The van der Waals surface area contributed by atoms with Crippen molar-refractivity contribution in [2.24, 2.45) is 5.92 Å². The number of hydrogen-bond donors (Lipinski definition) is 0. The molecule has 0 saturated heterocycles. The molecule has 3 rings (SSSR count). The van der Waals surface area contributed by atoms with Gasteiger partial charge in [0.15, 0.2) is 0 Å². The average molecular weight is 438 g/mol. The molecule has 0 aliphatic heterocycles. The zero-order valence-corrected chi connectivity index (χ0v) is 18.8. The predicted octanol–water partition coefficient (Wildman–Crippen LogP) is 6.79. The van der Waals surface area contributed by atoms with Crippen LogP contribution in [0, 0.1) is 23.1 Å². The van der Waals surface area contributed by atoms with Gasteiger partial charge in [0.25, 0.3) is 0 Å². The van der Waals surface area contributed by atoms with Gasteiger partial charge < -0.3 is 9.47 Å². The fraction of sp³-hybridized carbons (Fsp3) is 0.481. The summed E-state index contributed by atoms with van der Waals surface area (Å²) in [5.74, 6) is 0.000524. The molecule has 2 aromatic rings. The van der Waals surface area contributed by atoms with Gasteiger partial charge >= 0.3 is 5.97 Å². The molecule has 5 heteroatoms. The Kier molecular flexibility index (Phi) is 9.25. The molecule has 2 aromatic carbocycles. The van der Waals surface area contributed by atoms with E-state index in [0.29, 0.717) is 17.4 Å². The molecule has 1 aliphatic rings. The van der Waals surface area contributed by atoms with Gasteiger partial charge in [-0.1, -0.05) is 38.3 Å². The van der Waals surface area contributed by atoms with Crippen molar-refractivity contribution in [3.63, 3.8) is 0 Å². The number of benzene rings is 2. The third-order valence-corrected chi connectivity index (χ3v) is 6.23. The highest BCUT2D eigenvalue weighted by atomic mass is 19.1. The molecular formula is C27H32FNO3. The number of nitrogens with zero attached hydrogens (tertiary/aromatic N) is 1. The maximum atomic E-state index is 13.7. The fourth-order valence-electron chi connectivity index (χ4n) is 4.25. The molecule has 0 amide bonds. The second-order valence-electron chi connectivity index (χ2n) is 8.62. The van der Waals surface area contributed by atoms with Crippen LogP contribution in [0.2, 0.25) is 0 Å². The van der Waals surface area contributed by atoms with Crippen LogP contribution >= 0.6 is 0 Å². The van der Waals surface area contributed by atoms with E-state index in [1.807, 2.05) is 12.1 Å². The maximum Gasteiger partial charge on any atom is 0.343 e. The van der Waals surface area contributed by atoms with Crippen molar-refractivity contribution >= 4 is 5.97 Å². The maximum absolute atomic E-state index is 13.7. The number of rotatable bonds is 10. The van der Waals surface area contributed by atoms with E-state index in [4.69, 9.17) is 14.7 Å². The lowest BCUT2D eigenvalue weighted by molar-refractivity contribution is 0.0734. The van der Waals surface area contributed by atoms with Gasteiger partial charge in [0.2, 0.25) is 0 Å². The van der Waals surface area contributed by atoms with Crippen molar-refractivity contribution in [2.75, 3.05) is 13.2 Å². The van der Waals surface area contributed by atoms with Crippen LogP contribution in [-0.4, -0.2) is 19.2 Å². The monoisotopic (exact) mass is 437 g/mol. The third-order valence-electron chi connectivity index (χ3n) is 6.23. The predicted molar refractivity (Wildman–Crippen MR) is 122 cm³/mol. The SMILES string of the molecule is CCCCCCOCC1CCC(c2ccc(C(=O)Oc3ccc(C#N)c(F)c3)cc2)CC1. The summed E-state index contributed by atoms with van der Waals surface area (Å²) in [6, 6.07) is 13.0. The van der Waals surface area contributed by atoms with Crippen LogP contribution in [0.3, 0.4) is 0 Å². The standard InChI is InChI=1S/C27H32FNO3/c1-2-3-4-5-16-31-19-20-6-8-21(9-7-20)22-10-12-23(13-11-22)27(30)32-25-15-14-24(18-29)26(28)17-25/h10-15,17,20-21H,2-9,16,19H2,1H3. The van der Waals surface area contributed by atoms with Crippen LogP contribution in [-0.2, 0) is 4.74 Å². The molecule has 0 atom stereocenters. The first kappa shape index (κ1) is 23.9. The molecule has 0 heterocycles. The van der Waals surface area contributed by atoms with E-state index in [2.05, 4.69) is 6.92 Å². The number of carbonyl (C=O) groups is 1. The van der Waals surface area contributed by atoms with Gasteiger partial charge in [0, 0.05) is 19.3 Å². The highest BCUT2D eigenvalue weighted by Crippen LogP contribution is 2.36. The van der Waals surface area contributed by atoms with E-state index in [-0.39, 0.29) is 11.3 Å². The molecule has 0 spiro atoms. The summed E-state index contributed by atoms with van der Waals surface area (Å²) in [6.07, 6.45) is 9.59. The molecule has 0 unspecified atom stereocenters. The fourth-order valence-corrected chi connectivity index (χ4v) is 4.25. The minimum absolute atomic E-state index is 0.0811. The highest BCUT2D eigenvalue weighted by molar-refractivity contribution is 5.91. The normalized spacial score (nSPS) is 18.2. The van der Waals surface area contributed by atoms with E-state index in [1.165, 1.54) is 49.8 Å². The molecule has 1 fully saturated rings. The number of hydrogen-bond acceptors (Lipinski definition) is 4. The number of unbranched alkanes of at least 4 members (excludes halogenated alkanes) is 3. The van der Waals surface area contributed by atoms with Gasteiger partial charge in [0.1, 0.15) is 17.6 Å². The van der Waals surface area contributed by atoms with Crippen LogP contribution in [0.4, 0.5) is 4.39 Å². The Bertz CT molecular complexity index is 911. The molecule has 1 saturated carbocycles. The summed E-state index contributed by atoms with van der Waals surface area (Å²) in [4.78, 5) is 12.4. The molecule has 4 nitrogen and oxygen atoms in total. The Balaban J connectivity index is 1.44. The number of nitriles is 1. The van der Waals surface area contributed by atoms with Gasteiger partial charge in [0.05, 0.1) is 11.1 Å². The lowest BCUT2D eigenvalue weighted by atomic mass is 9.79. The van der Waals surface area contributed by atoms with Crippen molar-refractivity contribution in [3.8, 4) is 11.8 Å². The largest absolute Gasteiger partial charge is 0.423 e. The number of esters is 1. The summed E-state index contributed by atoms with van der Waals surface area (Å²) in [6.45, 7) is 3.98. The summed E-state index contributed by atoms with van der Waals surface area (Å²) in [7, 11) is 0. The first-order valence-corrected chi connectivity index (χ1v) is 11.7. The molecular weight excluding hydrogens is 405 g/mol.